The van der Waals surface area contributed by atoms with E-state index in [1.54, 1.807) is 49.3 Å². The Balaban J connectivity index is 1.56. The topological polar surface area (TPSA) is 67.9 Å². The van der Waals surface area contributed by atoms with Crippen molar-refractivity contribution in [1.29, 1.82) is 0 Å². The van der Waals surface area contributed by atoms with Crippen molar-refractivity contribution in [1.82, 2.24) is 10.2 Å². The Morgan fingerprint density at radius 1 is 1.10 bits per heavy atom. The first-order valence-electron chi connectivity index (χ1n) is 10.2. The summed E-state index contributed by atoms with van der Waals surface area (Å²) in [5.74, 6) is 0.430. The van der Waals surface area contributed by atoms with Crippen molar-refractivity contribution in [3.63, 3.8) is 0 Å². The molecule has 1 N–H and O–H groups in total. The number of likely N-dealkylation sites (tertiary alicyclic amines) is 1. The Morgan fingerprint density at radius 2 is 1.84 bits per heavy atom. The van der Waals surface area contributed by atoms with Crippen LogP contribution >= 0.6 is 0 Å². The van der Waals surface area contributed by atoms with Gasteiger partial charge in [-0.15, -0.1) is 0 Å². The standard InChI is InChI=1S/C24H27FN2O4/c1-16(17-5-4-6-18(25)14-17)13-23(28)26-19-9-11-27(12-10-19)24(29)21-8-7-20(30-2)15-22(21)31-3/h4-8,13-15,19H,9-12H2,1-3H3,(H,26,28)/b16-13-. The van der Waals surface area contributed by atoms with Gasteiger partial charge >= 0.3 is 0 Å². The number of hydrogen-bond acceptors (Lipinski definition) is 4. The Morgan fingerprint density at radius 3 is 2.48 bits per heavy atom. The number of carbonyl (C=O) groups is 2. The van der Waals surface area contributed by atoms with Crippen LogP contribution < -0.4 is 14.8 Å². The largest absolute Gasteiger partial charge is 0.497 e. The molecule has 0 saturated carbocycles. The molecule has 2 amide bonds. The third kappa shape index (κ3) is 5.63. The monoisotopic (exact) mass is 426 g/mol. The quantitative estimate of drug-likeness (QED) is 0.716. The second kappa shape index (κ2) is 10.1. The third-order valence-electron chi connectivity index (χ3n) is 5.40. The summed E-state index contributed by atoms with van der Waals surface area (Å²) >= 11 is 0. The normalized spacial score (nSPS) is 14.8. The maximum absolute atomic E-state index is 13.4. The highest BCUT2D eigenvalue weighted by Crippen LogP contribution is 2.27. The van der Waals surface area contributed by atoms with E-state index in [1.807, 2.05) is 0 Å². The number of nitrogens with zero attached hydrogens (tertiary/aromatic N) is 1. The number of hydrogen-bond donors (Lipinski definition) is 1. The van der Waals surface area contributed by atoms with Gasteiger partial charge in [0.2, 0.25) is 5.91 Å². The molecule has 1 heterocycles. The fourth-order valence-electron chi connectivity index (χ4n) is 3.63. The highest BCUT2D eigenvalue weighted by atomic mass is 19.1. The lowest BCUT2D eigenvalue weighted by molar-refractivity contribution is -0.117. The molecule has 0 aromatic heterocycles. The SMILES string of the molecule is COc1ccc(C(=O)N2CCC(NC(=O)/C=C(/C)c3cccc(F)c3)CC2)c(OC)c1. The average molecular weight is 426 g/mol. The van der Waals surface area contributed by atoms with Crippen molar-refractivity contribution >= 4 is 17.4 Å². The van der Waals surface area contributed by atoms with Crippen molar-refractivity contribution in [3.05, 3.63) is 65.5 Å². The molecule has 7 heteroatoms. The number of benzene rings is 2. The second-order valence-corrected chi connectivity index (χ2v) is 7.48. The number of halogens is 1. The summed E-state index contributed by atoms with van der Waals surface area (Å²) in [5, 5.41) is 2.98. The molecule has 6 nitrogen and oxygen atoms in total. The first-order valence-corrected chi connectivity index (χ1v) is 10.2. The smallest absolute Gasteiger partial charge is 0.257 e. The van der Waals surface area contributed by atoms with Crippen molar-refractivity contribution in [2.75, 3.05) is 27.3 Å². The van der Waals surface area contributed by atoms with Crippen LogP contribution in [0.25, 0.3) is 5.57 Å². The van der Waals surface area contributed by atoms with Crippen LogP contribution in [0.15, 0.2) is 48.5 Å². The van der Waals surface area contributed by atoms with Crippen LogP contribution in [0, 0.1) is 5.82 Å². The van der Waals surface area contributed by atoms with Gasteiger partial charge in [-0.2, -0.15) is 0 Å². The highest BCUT2D eigenvalue weighted by Gasteiger charge is 2.26. The van der Waals surface area contributed by atoms with Crippen molar-refractivity contribution in [2.45, 2.75) is 25.8 Å². The molecule has 0 radical (unpaired) electrons. The molecule has 0 atom stereocenters. The van der Waals surface area contributed by atoms with Crippen molar-refractivity contribution in [3.8, 4) is 11.5 Å². The van der Waals surface area contributed by atoms with E-state index in [1.165, 1.54) is 25.3 Å². The molecule has 2 aromatic rings. The Kier molecular flexibility index (Phi) is 7.28. The highest BCUT2D eigenvalue weighted by molar-refractivity contribution is 5.97. The summed E-state index contributed by atoms with van der Waals surface area (Å²) in [4.78, 5) is 27.1. The lowest BCUT2D eigenvalue weighted by atomic mass is 10.0. The van der Waals surface area contributed by atoms with E-state index in [0.29, 0.717) is 54.1 Å². The maximum Gasteiger partial charge on any atom is 0.257 e. The van der Waals surface area contributed by atoms with Crippen LogP contribution in [0.1, 0.15) is 35.7 Å². The summed E-state index contributed by atoms with van der Waals surface area (Å²) < 4.78 is 23.9. The molecule has 0 bridgehead atoms. The molecule has 0 unspecified atom stereocenters. The number of amides is 2. The number of methoxy groups -OCH3 is 2. The fraction of sp³-hybridized carbons (Fsp3) is 0.333. The summed E-state index contributed by atoms with van der Waals surface area (Å²) in [6.07, 6.45) is 2.79. The van der Waals surface area contributed by atoms with Gasteiger partial charge in [0.1, 0.15) is 17.3 Å². The van der Waals surface area contributed by atoms with Gasteiger partial charge in [0, 0.05) is 31.3 Å². The minimum Gasteiger partial charge on any atom is -0.497 e. The molecule has 2 aromatic carbocycles. The van der Waals surface area contributed by atoms with Gasteiger partial charge < -0.3 is 19.7 Å². The van der Waals surface area contributed by atoms with E-state index in [0.717, 1.165) is 0 Å². The van der Waals surface area contributed by atoms with E-state index in [-0.39, 0.29) is 23.7 Å². The van der Waals surface area contributed by atoms with Crippen LogP contribution in [-0.2, 0) is 4.79 Å². The van der Waals surface area contributed by atoms with E-state index >= 15 is 0 Å². The molecule has 3 rings (SSSR count). The van der Waals surface area contributed by atoms with Gasteiger partial charge in [-0.25, -0.2) is 4.39 Å². The number of ether oxygens (including phenoxy) is 2. The number of rotatable bonds is 6. The predicted molar refractivity (Wildman–Crippen MR) is 117 cm³/mol. The second-order valence-electron chi connectivity index (χ2n) is 7.48. The van der Waals surface area contributed by atoms with E-state index < -0.39 is 0 Å². The molecule has 0 aliphatic carbocycles. The molecule has 0 spiro atoms. The van der Waals surface area contributed by atoms with Crippen LogP contribution in [-0.4, -0.2) is 50.1 Å². The molecule has 1 fully saturated rings. The molecular weight excluding hydrogens is 399 g/mol. The maximum atomic E-state index is 13.4. The number of nitrogens with one attached hydrogen (secondary N) is 1. The Hall–Kier alpha value is -3.35. The van der Waals surface area contributed by atoms with Gasteiger partial charge in [0.25, 0.3) is 5.91 Å². The lowest BCUT2D eigenvalue weighted by Crippen LogP contribution is -2.46. The molecule has 1 aliphatic heterocycles. The van der Waals surface area contributed by atoms with Gasteiger partial charge in [-0.1, -0.05) is 12.1 Å². The average Bonchev–Trinajstić information content (AvgIpc) is 2.78. The van der Waals surface area contributed by atoms with Gasteiger partial charge in [0.15, 0.2) is 0 Å². The van der Waals surface area contributed by atoms with Gasteiger partial charge in [-0.05, 0) is 55.2 Å². The molecule has 164 valence electrons. The summed E-state index contributed by atoms with van der Waals surface area (Å²) in [6.45, 7) is 2.84. The lowest BCUT2D eigenvalue weighted by Gasteiger charge is -2.32. The minimum absolute atomic E-state index is 0.0223. The van der Waals surface area contributed by atoms with Crippen molar-refractivity contribution in [2.24, 2.45) is 0 Å². The summed E-state index contributed by atoms with van der Waals surface area (Å²) in [7, 11) is 3.08. The molecule has 1 saturated heterocycles. The third-order valence-corrected chi connectivity index (χ3v) is 5.40. The van der Waals surface area contributed by atoms with E-state index in [9.17, 15) is 14.0 Å². The van der Waals surface area contributed by atoms with E-state index in [2.05, 4.69) is 5.32 Å². The van der Waals surface area contributed by atoms with Crippen LogP contribution in [0.5, 0.6) is 11.5 Å². The molecule has 31 heavy (non-hydrogen) atoms. The van der Waals surface area contributed by atoms with E-state index in [4.69, 9.17) is 9.47 Å². The fourth-order valence-corrected chi connectivity index (χ4v) is 3.63. The number of piperidine rings is 1. The zero-order valence-corrected chi connectivity index (χ0v) is 18.0. The number of carbonyl (C=O) groups excluding carboxylic acids is 2. The predicted octanol–water partition coefficient (Wildman–Crippen LogP) is 3.67. The summed E-state index contributed by atoms with van der Waals surface area (Å²) in [5.41, 5.74) is 1.85. The zero-order valence-electron chi connectivity index (χ0n) is 18.0. The van der Waals surface area contributed by atoms with Gasteiger partial charge in [0.05, 0.1) is 19.8 Å². The molecule has 1 aliphatic rings. The van der Waals surface area contributed by atoms with Gasteiger partial charge in [-0.3, -0.25) is 9.59 Å². The van der Waals surface area contributed by atoms with Crippen LogP contribution in [0.3, 0.4) is 0 Å². The Labute approximate surface area is 181 Å². The minimum atomic E-state index is -0.337. The number of allylic oxidation sites excluding steroid dienone is 1. The molecular formula is C24H27FN2O4. The first kappa shape index (κ1) is 22.3. The zero-order chi connectivity index (χ0) is 22.4. The van der Waals surface area contributed by atoms with Crippen molar-refractivity contribution < 1.29 is 23.5 Å². The first-order chi connectivity index (χ1) is 14.9. The summed E-state index contributed by atoms with van der Waals surface area (Å²) in [6, 6.07) is 11.2. The van der Waals surface area contributed by atoms with Crippen LogP contribution in [0.4, 0.5) is 4.39 Å². The Bertz CT molecular complexity index is 981. The van der Waals surface area contributed by atoms with Crippen LogP contribution in [0.2, 0.25) is 0 Å².